The lowest BCUT2D eigenvalue weighted by Crippen LogP contribution is -2.51. The fraction of sp³-hybridized carbons (Fsp3) is 0.733. The molecular formula is C15H24N6O3S. The molecule has 25 heavy (non-hydrogen) atoms. The zero-order chi connectivity index (χ0) is 17.6. The van der Waals surface area contributed by atoms with Crippen LogP contribution in [0.1, 0.15) is 11.4 Å². The summed E-state index contributed by atoms with van der Waals surface area (Å²) in [4.78, 5) is 26.8. The first-order valence-corrected chi connectivity index (χ1v) is 9.38. The normalized spacial score (nSPS) is 24.1. The molecule has 2 fully saturated rings. The molecule has 2 atom stereocenters. The summed E-state index contributed by atoms with van der Waals surface area (Å²) in [5.74, 6) is -0.240. The number of morpholine rings is 1. The largest absolute Gasteiger partial charge is 0.378 e. The van der Waals surface area contributed by atoms with Gasteiger partial charge < -0.3 is 26.0 Å². The highest BCUT2D eigenvalue weighted by atomic mass is 32.1. The van der Waals surface area contributed by atoms with Crippen LogP contribution in [0.4, 0.5) is 5.13 Å². The minimum Gasteiger partial charge on any atom is -0.378 e. The van der Waals surface area contributed by atoms with Gasteiger partial charge >= 0.3 is 0 Å². The minimum atomic E-state index is -0.191. The standard InChI is InChI=1S/C15H24N6O3S/c16-15-20-19-12(25-15)1-2-18-13(22)10-7-11(9-17-8-10)14(23)21-3-5-24-6-4-21/h10-11,17H,1-9H2,(H2,16,20)(H,18,22)/t10-,11-/m0/s1. The fourth-order valence-corrected chi connectivity index (χ4v) is 3.79. The van der Waals surface area contributed by atoms with Crippen LogP contribution in [0.2, 0.25) is 0 Å². The van der Waals surface area contributed by atoms with Gasteiger partial charge in [0.05, 0.1) is 25.0 Å². The molecule has 0 aliphatic carbocycles. The second-order valence-corrected chi connectivity index (χ2v) is 7.39. The maximum absolute atomic E-state index is 12.6. The van der Waals surface area contributed by atoms with Gasteiger partial charge in [-0.2, -0.15) is 0 Å². The average Bonchev–Trinajstić information content (AvgIpc) is 3.07. The molecule has 1 aromatic heterocycles. The number of piperidine rings is 1. The summed E-state index contributed by atoms with van der Waals surface area (Å²) in [6.07, 6.45) is 1.19. The summed E-state index contributed by atoms with van der Waals surface area (Å²) >= 11 is 1.33. The van der Waals surface area contributed by atoms with E-state index in [2.05, 4.69) is 20.8 Å². The molecule has 2 aliphatic heterocycles. The van der Waals surface area contributed by atoms with Gasteiger partial charge in [-0.15, -0.1) is 10.2 Å². The van der Waals surface area contributed by atoms with Crippen LogP contribution < -0.4 is 16.4 Å². The van der Waals surface area contributed by atoms with E-state index in [0.717, 1.165) is 5.01 Å². The lowest BCUT2D eigenvalue weighted by Gasteiger charge is -2.34. The Labute approximate surface area is 150 Å². The van der Waals surface area contributed by atoms with Gasteiger partial charge in [-0.25, -0.2) is 0 Å². The first kappa shape index (κ1) is 18.0. The van der Waals surface area contributed by atoms with Crippen molar-refractivity contribution < 1.29 is 14.3 Å². The molecule has 4 N–H and O–H groups in total. The topological polar surface area (TPSA) is 122 Å². The van der Waals surface area contributed by atoms with Crippen LogP contribution in [-0.2, 0) is 20.7 Å². The number of hydrogen-bond donors (Lipinski definition) is 3. The van der Waals surface area contributed by atoms with E-state index in [-0.39, 0.29) is 23.7 Å². The third-order valence-corrected chi connectivity index (χ3v) is 5.33. The van der Waals surface area contributed by atoms with Crippen LogP contribution in [0.5, 0.6) is 0 Å². The highest BCUT2D eigenvalue weighted by molar-refractivity contribution is 7.15. The molecule has 0 unspecified atom stereocenters. The number of ether oxygens (including phenoxy) is 1. The van der Waals surface area contributed by atoms with E-state index in [9.17, 15) is 9.59 Å². The Balaban J connectivity index is 1.45. The van der Waals surface area contributed by atoms with E-state index in [4.69, 9.17) is 10.5 Å². The maximum atomic E-state index is 12.6. The number of rotatable bonds is 5. The molecular weight excluding hydrogens is 344 g/mol. The van der Waals surface area contributed by atoms with Crippen LogP contribution >= 0.6 is 11.3 Å². The summed E-state index contributed by atoms with van der Waals surface area (Å²) in [7, 11) is 0. The highest BCUT2D eigenvalue weighted by Gasteiger charge is 2.33. The van der Waals surface area contributed by atoms with Crippen LogP contribution in [-0.4, -0.2) is 72.8 Å². The summed E-state index contributed by atoms with van der Waals surface area (Å²) in [6, 6.07) is 0. The monoisotopic (exact) mass is 368 g/mol. The molecule has 0 spiro atoms. The van der Waals surface area contributed by atoms with Crippen LogP contribution in [0.15, 0.2) is 0 Å². The van der Waals surface area contributed by atoms with Crippen LogP contribution in [0.25, 0.3) is 0 Å². The van der Waals surface area contributed by atoms with Crippen LogP contribution in [0.3, 0.4) is 0 Å². The number of carbonyl (C=O) groups excluding carboxylic acids is 2. The zero-order valence-corrected chi connectivity index (χ0v) is 14.9. The molecule has 3 heterocycles. The number of nitrogens with one attached hydrogen (secondary N) is 2. The molecule has 2 aliphatic rings. The quantitative estimate of drug-likeness (QED) is 0.601. The van der Waals surface area contributed by atoms with Gasteiger partial charge in [0.1, 0.15) is 5.01 Å². The number of anilines is 1. The fourth-order valence-electron chi connectivity index (χ4n) is 3.18. The number of nitrogens with zero attached hydrogens (tertiary/aromatic N) is 3. The van der Waals surface area contributed by atoms with E-state index >= 15 is 0 Å². The van der Waals surface area contributed by atoms with Gasteiger partial charge in [-0.05, 0) is 6.42 Å². The van der Waals surface area contributed by atoms with Crippen LogP contribution in [0, 0.1) is 11.8 Å². The van der Waals surface area contributed by atoms with E-state index in [1.165, 1.54) is 11.3 Å². The number of carbonyl (C=O) groups is 2. The highest BCUT2D eigenvalue weighted by Crippen LogP contribution is 2.20. The molecule has 2 amide bonds. The Bertz CT molecular complexity index is 604. The van der Waals surface area contributed by atoms with Crippen molar-refractivity contribution in [3.63, 3.8) is 0 Å². The van der Waals surface area contributed by atoms with Crippen molar-refractivity contribution in [3.8, 4) is 0 Å². The third-order valence-electron chi connectivity index (χ3n) is 4.51. The molecule has 3 rings (SSSR count). The van der Waals surface area contributed by atoms with Crippen molar-refractivity contribution in [1.29, 1.82) is 0 Å². The second-order valence-electron chi connectivity index (χ2n) is 6.30. The van der Waals surface area contributed by atoms with Gasteiger partial charge in [0.2, 0.25) is 16.9 Å². The molecule has 9 nitrogen and oxygen atoms in total. The number of amides is 2. The smallest absolute Gasteiger partial charge is 0.227 e. The van der Waals surface area contributed by atoms with E-state index < -0.39 is 0 Å². The van der Waals surface area contributed by atoms with Gasteiger partial charge in [0.15, 0.2) is 0 Å². The predicted octanol–water partition coefficient (Wildman–Crippen LogP) is -1.14. The van der Waals surface area contributed by atoms with Crippen molar-refractivity contribution in [1.82, 2.24) is 25.7 Å². The Hall–Kier alpha value is -1.78. The predicted molar refractivity (Wildman–Crippen MR) is 92.9 cm³/mol. The van der Waals surface area contributed by atoms with Gasteiger partial charge in [-0.1, -0.05) is 11.3 Å². The lowest BCUT2D eigenvalue weighted by atomic mass is 9.88. The second kappa shape index (κ2) is 8.54. The summed E-state index contributed by atoms with van der Waals surface area (Å²) in [5.41, 5.74) is 5.54. The molecule has 0 radical (unpaired) electrons. The van der Waals surface area contributed by atoms with Crippen molar-refractivity contribution >= 4 is 28.3 Å². The number of nitrogens with two attached hydrogens (primary N) is 1. The SMILES string of the molecule is Nc1nnc(CCNC(=O)[C@@H]2CNC[C@@H](C(=O)N3CCOCC3)C2)s1. The van der Waals surface area contributed by atoms with Crippen molar-refractivity contribution in [3.05, 3.63) is 5.01 Å². The summed E-state index contributed by atoms with van der Waals surface area (Å²) in [5, 5.41) is 15.1. The lowest BCUT2D eigenvalue weighted by molar-refractivity contribution is -0.141. The minimum absolute atomic E-state index is 0.0236. The third kappa shape index (κ3) is 4.86. The summed E-state index contributed by atoms with van der Waals surface area (Å²) < 4.78 is 5.29. The first-order valence-electron chi connectivity index (χ1n) is 8.56. The van der Waals surface area contributed by atoms with E-state index in [1.807, 2.05) is 4.90 Å². The van der Waals surface area contributed by atoms with E-state index in [1.54, 1.807) is 0 Å². The van der Waals surface area contributed by atoms with E-state index in [0.29, 0.717) is 63.9 Å². The van der Waals surface area contributed by atoms with Crippen molar-refractivity contribution in [2.24, 2.45) is 11.8 Å². The molecule has 0 saturated carbocycles. The van der Waals surface area contributed by atoms with Gasteiger partial charge in [0, 0.05) is 39.1 Å². The number of nitrogen functional groups attached to an aromatic ring is 1. The Morgan fingerprint density at radius 2 is 2.04 bits per heavy atom. The molecule has 0 bridgehead atoms. The number of aromatic nitrogens is 2. The molecule has 1 aromatic rings. The Morgan fingerprint density at radius 3 is 2.76 bits per heavy atom. The summed E-state index contributed by atoms with van der Waals surface area (Å²) in [6.45, 7) is 4.17. The molecule has 138 valence electrons. The zero-order valence-electron chi connectivity index (χ0n) is 14.1. The molecule has 0 aromatic carbocycles. The first-order chi connectivity index (χ1) is 12.1. The average molecular weight is 368 g/mol. The Kier molecular flexibility index (Phi) is 6.16. The molecule has 2 saturated heterocycles. The van der Waals surface area contributed by atoms with Gasteiger partial charge in [-0.3, -0.25) is 9.59 Å². The van der Waals surface area contributed by atoms with Crippen molar-refractivity contribution in [2.75, 3.05) is 51.7 Å². The maximum Gasteiger partial charge on any atom is 0.227 e. The Morgan fingerprint density at radius 1 is 1.28 bits per heavy atom. The molecule has 10 heteroatoms. The number of hydrogen-bond acceptors (Lipinski definition) is 8. The van der Waals surface area contributed by atoms with Gasteiger partial charge in [0.25, 0.3) is 0 Å². The van der Waals surface area contributed by atoms with Crippen molar-refractivity contribution in [2.45, 2.75) is 12.8 Å².